The Morgan fingerprint density at radius 2 is 0.350 bits per heavy atom. The fraction of sp³-hybridized carbons (Fsp3) is 1.00. The van der Waals surface area contributed by atoms with Gasteiger partial charge in [0.25, 0.3) is 0 Å². The third kappa shape index (κ3) is 17.0. The molecule has 0 amide bonds. The Hall–Kier alpha value is -1.84. The molecule has 9 saturated heterocycles. The second kappa shape index (κ2) is 35.5. The number of hydrogen-bond donors (Lipinski definition) is 29. The van der Waals surface area contributed by atoms with Crippen LogP contribution in [0.4, 0.5) is 0 Å². The molecule has 584 valence electrons. The summed E-state index contributed by atoms with van der Waals surface area (Å²) in [5, 5.41) is 312. The third-order valence-corrected chi connectivity index (χ3v) is 18.7. The molecule has 0 aromatic rings. The predicted octanol–water partition coefficient (Wildman–Crippen LogP) is -20.6. The van der Waals surface area contributed by atoms with E-state index in [9.17, 15) is 148 Å². The van der Waals surface area contributed by atoms with Crippen molar-refractivity contribution >= 4 is 0 Å². The van der Waals surface area contributed by atoms with E-state index in [-0.39, 0.29) is 0 Å². The topological polar surface area (TPSA) is 744 Å². The first-order valence-corrected chi connectivity index (χ1v) is 31.7. The van der Waals surface area contributed by atoms with E-state index in [1.807, 2.05) is 0 Å². The Labute approximate surface area is 563 Å². The van der Waals surface area contributed by atoms with Crippen LogP contribution in [-0.4, -0.2) is 484 Å². The van der Waals surface area contributed by atoms with Crippen molar-refractivity contribution in [2.24, 2.45) is 0 Å². The van der Waals surface area contributed by atoms with Crippen molar-refractivity contribution in [1.29, 1.82) is 0 Å². The lowest BCUT2D eigenvalue weighted by molar-refractivity contribution is -0.389. The van der Waals surface area contributed by atoms with Gasteiger partial charge in [-0.05, 0) is 0 Å². The molecule has 0 bridgehead atoms. The molecule has 9 aliphatic rings. The number of hydrogen-bond acceptors (Lipinski definition) is 46. The van der Waals surface area contributed by atoms with Crippen LogP contribution in [0.25, 0.3) is 0 Å². The SMILES string of the molecule is OC[C@@H]1O[C@H](O[C@H]2[C@@H](O)[C@H](CO)O[C@H](O[C@H]3[C@@H](O)[C@H](CO)O[C@H](OC[C@H]4OC(O)[C@@H](O)[C@H](O[C@@H]5O[C@H](CO)[C@@H](O)[C@H](O[C@@H]6O[C@H](CO[C@H]7O[C@H](CO)[C@@H](O)[C@H](OC8O[C@H](CO)[C@@H](O)[C@H](O[C@H]9O[C@@H](CO)[C@H](O)[C@H](O)[C@H]9O)[C@@H]8O)[C@@H]7O)[C@H](O)[C@@H](O)[C@H]6O)[C@@H]5O)[C@@H]4O)[C@@H]3O)[C@@H]2O)[C@H](O)[C@@H](O)[C@H]1O. The maximum absolute atomic E-state index is 11.7. The van der Waals surface area contributed by atoms with Crippen LogP contribution in [0.15, 0.2) is 0 Å². The van der Waals surface area contributed by atoms with Gasteiger partial charge < -0.3 is 229 Å². The minimum absolute atomic E-state index is 0.902. The second-order valence-corrected chi connectivity index (χ2v) is 25.3. The van der Waals surface area contributed by atoms with Crippen LogP contribution in [0.2, 0.25) is 0 Å². The molecule has 0 aromatic carbocycles. The van der Waals surface area contributed by atoms with Gasteiger partial charge in [0.15, 0.2) is 56.6 Å². The first-order chi connectivity index (χ1) is 47.4. The predicted molar refractivity (Wildman–Crippen MR) is 297 cm³/mol. The first kappa shape index (κ1) is 82.2. The monoisotopic (exact) mass is 1480 g/mol. The lowest BCUT2D eigenvalue weighted by atomic mass is 9.95. The van der Waals surface area contributed by atoms with Crippen LogP contribution in [0.5, 0.6) is 0 Å². The Morgan fingerprint density at radius 1 is 0.170 bits per heavy atom. The minimum Gasteiger partial charge on any atom is -0.394 e. The van der Waals surface area contributed by atoms with Crippen LogP contribution < -0.4 is 0 Å². The van der Waals surface area contributed by atoms with Crippen LogP contribution in [0.3, 0.4) is 0 Å². The summed E-state index contributed by atoms with van der Waals surface area (Å²) >= 11 is 0. The van der Waals surface area contributed by atoms with Crippen LogP contribution in [0.1, 0.15) is 0 Å². The fourth-order valence-electron chi connectivity index (χ4n) is 12.7. The maximum Gasteiger partial charge on any atom is 0.187 e. The molecule has 0 aromatic heterocycles. The molecule has 29 N–H and O–H groups in total. The molecule has 9 aliphatic heterocycles. The van der Waals surface area contributed by atoms with E-state index in [1.54, 1.807) is 0 Å². The summed E-state index contributed by atoms with van der Waals surface area (Å²) in [4.78, 5) is 0. The van der Waals surface area contributed by atoms with Gasteiger partial charge in [-0.2, -0.15) is 0 Å². The summed E-state index contributed by atoms with van der Waals surface area (Å²) in [5.74, 6) is 0. The summed E-state index contributed by atoms with van der Waals surface area (Å²) in [5.41, 5.74) is 0. The molecule has 9 rings (SSSR count). The molecule has 0 aliphatic carbocycles. The van der Waals surface area contributed by atoms with E-state index in [0.717, 1.165) is 0 Å². The molecule has 100 heavy (non-hydrogen) atoms. The van der Waals surface area contributed by atoms with Gasteiger partial charge in [-0.1, -0.05) is 0 Å². The van der Waals surface area contributed by atoms with Gasteiger partial charge in [0.1, 0.15) is 220 Å². The van der Waals surface area contributed by atoms with Gasteiger partial charge >= 0.3 is 0 Å². The Morgan fingerprint density at radius 3 is 0.610 bits per heavy atom. The van der Waals surface area contributed by atoms with Gasteiger partial charge in [-0.25, -0.2) is 0 Å². The molecule has 2 unspecified atom stereocenters. The van der Waals surface area contributed by atoms with E-state index < -0.39 is 336 Å². The zero-order valence-electron chi connectivity index (χ0n) is 52.3. The smallest absolute Gasteiger partial charge is 0.187 e. The molecule has 0 radical (unpaired) electrons. The molecule has 0 spiro atoms. The third-order valence-electron chi connectivity index (χ3n) is 18.7. The summed E-state index contributed by atoms with van der Waals surface area (Å²) < 4.78 is 94.7. The zero-order valence-corrected chi connectivity index (χ0v) is 52.3. The first-order valence-electron chi connectivity index (χ1n) is 31.7. The van der Waals surface area contributed by atoms with Crippen molar-refractivity contribution in [3.05, 3.63) is 0 Å². The number of aliphatic hydroxyl groups excluding tert-OH is 29. The number of rotatable bonds is 25. The van der Waals surface area contributed by atoms with E-state index in [0.29, 0.717) is 0 Å². The van der Waals surface area contributed by atoms with Crippen molar-refractivity contribution < 1.29 is 229 Å². The molecular formula is C54H92O46. The molecular weight excluding hydrogens is 1380 g/mol. The molecule has 46 nitrogen and oxygen atoms in total. The largest absolute Gasteiger partial charge is 0.394 e. The van der Waals surface area contributed by atoms with Gasteiger partial charge in [0.2, 0.25) is 0 Å². The van der Waals surface area contributed by atoms with Gasteiger partial charge in [-0.15, -0.1) is 0 Å². The van der Waals surface area contributed by atoms with Gasteiger partial charge in [-0.3, -0.25) is 0 Å². The van der Waals surface area contributed by atoms with Crippen LogP contribution in [0, 0.1) is 0 Å². The second-order valence-electron chi connectivity index (χ2n) is 25.3. The lowest BCUT2D eigenvalue weighted by Gasteiger charge is -2.49. The van der Waals surface area contributed by atoms with E-state index >= 15 is 0 Å². The Balaban J connectivity index is 0.827. The van der Waals surface area contributed by atoms with Crippen LogP contribution >= 0.6 is 0 Å². The number of aliphatic hydroxyl groups is 29. The summed E-state index contributed by atoms with van der Waals surface area (Å²) in [6.45, 7) is -9.03. The summed E-state index contributed by atoms with van der Waals surface area (Å²) in [6.07, 6.45) is -91.1. The van der Waals surface area contributed by atoms with Crippen molar-refractivity contribution in [3.63, 3.8) is 0 Å². The highest BCUT2D eigenvalue weighted by Crippen LogP contribution is 2.38. The normalized spacial score (nSPS) is 53.7. The van der Waals surface area contributed by atoms with E-state index in [4.69, 9.17) is 80.5 Å². The van der Waals surface area contributed by atoms with E-state index in [2.05, 4.69) is 0 Å². The average Bonchev–Trinajstić information content (AvgIpc) is 0.779. The molecule has 46 heteroatoms. The summed E-state index contributed by atoms with van der Waals surface area (Å²) in [6, 6.07) is 0. The molecule has 9 fully saturated rings. The van der Waals surface area contributed by atoms with Crippen LogP contribution in [-0.2, 0) is 80.5 Å². The lowest BCUT2D eigenvalue weighted by Crippen LogP contribution is -2.67. The molecule has 0 saturated carbocycles. The number of ether oxygens (including phenoxy) is 17. The van der Waals surface area contributed by atoms with Gasteiger partial charge in [0, 0.05) is 0 Å². The van der Waals surface area contributed by atoms with Crippen molar-refractivity contribution in [2.45, 2.75) is 276 Å². The van der Waals surface area contributed by atoms with Crippen molar-refractivity contribution in [2.75, 3.05) is 59.5 Å². The fourth-order valence-corrected chi connectivity index (χ4v) is 12.7. The Kier molecular flexibility index (Phi) is 29.2. The van der Waals surface area contributed by atoms with Crippen molar-refractivity contribution in [3.8, 4) is 0 Å². The standard InChI is InChI=1S/C54H92O46/c55-1-10-19(62)28(71)31(74)49(89-10)96-43-24(67)15(6-60)92-53(38(43)81)99-41-22(65)12(3-57)87-47(35(41)78)84-8-17-21(64)30(73)33(76)51(94-17)98-45-26(69)14(5-59)91-52(37(45)80)95-40-27(70)18(86-46(83)34(40)77)9-85-48-36(79)42(23(66)13(4-58)88-48)100-54-39(82)44(25(68)16(7-61)93-54)97-50-32(75)29(72)20(63)11(2-56)90-50/h10-83H,1-9H2/t10-,11-,12+,13-,14+,15+,16-,17+,18+,19-,20-,21-,22+,23-,24+,25-,26+,27+,28-,29-,30+,31+,32+,33+,34-,35-,36+,37-,38-,39+,40+,41-,42-,43-,44-,45-,46?,47-,48-,49+,50+,51-,52-,53?,54+/m0/s1. The van der Waals surface area contributed by atoms with Crippen molar-refractivity contribution in [1.82, 2.24) is 0 Å². The van der Waals surface area contributed by atoms with E-state index in [1.165, 1.54) is 0 Å². The Bertz CT molecular complexity index is 2460. The average molecular weight is 1480 g/mol. The highest BCUT2D eigenvalue weighted by atomic mass is 16.8. The zero-order chi connectivity index (χ0) is 73.4. The molecule has 45 atom stereocenters. The highest BCUT2D eigenvalue weighted by molar-refractivity contribution is 5.02. The highest BCUT2D eigenvalue weighted by Gasteiger charge is 2.59. The summed E-state index contributed by atoms with van der Waals surface area (Å²) in [7, 11) is 0. The maximum atomic E-state index is 11.7. The quantitative estimate of drug-likeness (QED) is 0.0404. The minimum atomic E-state index is -2.36. The molecule has 9 heterocycles. The van der Waals surface area contributed by atoms with Gasteiger partial charge in [0.05, 0.1) is 59.5 Å².